The molecule has 1 fully saturated rings. The number of rotatable bonds is 6. The van der Waals surface area contributed by atoms with Crippen LogP contribution in [0.1, 0.15) is 23.2 Å². The lowest BCUT2D eigenvalue weighted by atomic mass is 10.1. The third-order valence-corrected chi connectivity index (χ3v) is 4.47. The number of hydrogen-bond donors (Lipinski definition) is 2. The molecule has 0 unspecified atom stereocenters. The van der Waals surface area contributed by atoms with E-state index in [0.717, 1.165) is 6.42 Å². The summed E-state index contributed by atoms with van der Waals surface area (Å²) in [6, 6.07) is 17.0. The lowest BCUT2D eigenvalue weighted by Crippen LogP contribution is -2.42. The van der Waals surface area contributed by atoms with Gasteiger partial charge in [-0.05, 0) is 37.1 Å². The van der Waals surface area contributed by atoms with E-state index in [4.69, 9.17) is 4.74 Å². The highest BCUT2D eigenvalue weighted by molar-refractivity contribution is 5.97. The number of nitrogens with one attached hydrogen (secondary N) is 2. The van der Waals surface area contributed by atoms with Gasteiger partial charge in [-0.15, -0.1) is 0 Å². The number of hydrogen-bond acceptors (Lipinski definition) is 4. The molecule has 146 valence electrons. The van der Waals surface area contributed by atoms with Crippen LogP contribution in [-0.2, 0) is 9.53 Å². The molecule has 2 aromatic carbocycles. The van der Waals surface area contributed by atoms with Crippen LogP contribution >= 0.6 is 0 Å². The van der Waals surface area contributed by atoms with Crippen molar-refractivity contribution in [2.75, 3.05) is 25.0 Å². The molecular formula is C21H23N3O4. The van der Waals surface area contributed by atoms with Gasteiger partial charge in [0.15, 0.2) is 0 Å². The Morgan fingerprint density at radius 2 is 1.68 bits per heavy atom. The lowest BCUT2D eigenvalue weighted by Gasteiger charge is -2.23. The standard InChI is InChI=1S/C21H23N3O4/c25-19(16-8-3-1-4-9-16)24-14-7-12-18(24)20(26)28-15-13-22-21(27)23-17-10-5-2-6-11-17/h1-6,8-11,18H,7,12-15H2,(H2,22,23,27)/t18-/m0/s1. The van der Waals surface area contributed by atoms with Gasteiger partial charge in [0.25, 0.3) is 5.91 Å². The summed E-state index contributed by atoms with van der Waals surface area (Å²) in [5.74, 6) is -0.604. The average Bonchev–Trinajstić information content (AvgIpc) is 3.22. The normalized spacial score (nSPS) is 15.7. The fourth-order valence-electron chi connectivity index (χ4n) is 3.11. The van der Waals surface area contributed by atoms with Crippen molar-refractivity contribution in [1.82, 2.24) is 10.2 Å². The fourth-order valence-corrected chi connectivity index (χ4v) is 3.11. The van der Waals surface area contributed by atoms with Crippen molar-refractivity contribution in [2.24, 2.45) is 0 Å². The number of anilines is 1. The fraction of sp³-hybridized carbons (Fsp3) is 0.286. The summed E-state index contributed by atoms with van der Waals surface area (Å²) in [5, 5.41) is 5.31. The van der Waals surface area contributed by atoms with Crippen LogP contribution < -0.4 is 10.6 Å². The molecule has 3 amide bonds. The Bertz CT molecular complexity index is 811. The summed E-state index contributed by atoms with van der Waals surface area (Å²) < 4.78 is 5.27. The molecule has 0 saturated carbocycles. The molecule has 28 heavy (non-hydrogen) atoms. The predicted octanol–water partition coefficient (Wildman–Crippen LogP) is 2.66. The van der Waals surface area contributed by atoms with Crippen molar-refractivity contribution in [2.45, 2.75) is 18.9 Å². The quantitative estimate of drug-likeness (QED) is 0.595. The Balaban J connectivity index is 1.43. The maximum atomic E-state index is 12.6. The van der Waals surface area contributed by atoms with Gasteiger partial charge in [0.1, 0.15) is 12.6 Å². The van der Waals surface area contributed by atoms with E-state index in [-0.39, 0.29) is 25.1 Å². The van der Waals surface area contributed by atoms with Crippen molar-refractivity contribution >= 4 is 23.6 Å². The van der Waals surface area contributed by atoms with Crippen molar-refractivity contribution < 1.29 is 19.1 Å². The van der Waals surface area contributed by atoms with Crippen molar-refractivity contribution in [3.63, 3.8) is 0 Å². The zero-order chi connectivity index (χ0) is 19.8. The molecular weight excluding hydrogens is 358 g/mol. The molecule has 0 spiro atoms. The monoisotopic (exact) mass is 381 g/mol. The SMILES string of the molecule is O=C(NCCOC(=O)[C@@H]1CCCN1C(=O)c1ccccc1)Nc1ccccc1. The number of urea groups is 1. The van der Waals surface area contributed by atoms with Crippen LogP contribution in [0.25, 0.3) is 0 Å². The highest BCUT2D eigenvalue weighted by atomic mass is 16.5. The molecule has 7 heteroatoms. The van der Waals surface area contributed by atoms with Crippen LogP contribution in [0.4, 0.5) is 10.5 Å². The van der Waals surface area contributed by atoms with E-state index in [1.54, 1.807) is 41.3 Å². The molecule has 0 aliphatic carbocycles. The summed E-state index contributed by atoms with van der Waals surface area (Å²) in [5.41, 5.74) is 1.24. The molecule has 0 bridgehead atoms. The van der Waals surface area contributed by atoms with Gasteiger partial charge in [-0.3, -0.25) is 4.79 Å². The predicted molar refractivity (Wildman–Crippen MR) is 105 cm³/mol. The van der Waals surface area contributed by atoms with Gasteiger partial charge >= 0.3 is 12.0 Å². The molecule has 7 nitrogen and oxygen atoms in total. The second-order valence-corrected chi connectivity index (χ2v) is 6.44. The van der Waals surface area contributed by atoms with E-state index in [9.17, 15) is 14.4 Å². The highest BCUT2D eigenvalue weighted by Gasteiger charge is 2.35. The van der Waals surface area contributed by atoms with Gasteiger partial charge in [-0.2, -0.15) is 0 Å². The summed E-state index contributed by atoms with van der Waals surface area (Å²) in [6.07, 6.45) is 1.34. The number of esters is 1. The number of nitrogens with zero attached hydrogens (tertiary/aromatic N) is 1. The zero-order valence-corrected chi connectivity index (χ0v) is 15.5. The summed E-state index contributed by atoms with van der Waals surface area (Å²) >= 11 is 0. The Morgan fingerprint density at radius 1 is 1.00 bits per heavy atom. The minimum atomic E-state index is -0.578. The second kappa shape index (κ2) is 9.55. The number of likely N-dealkylation sites (tertiary alicyclic amines) is 1. The molecule has 0 aromatic heterocycles. The maximum absolute atomic E-state index is 12.6. The largest absolute Gasteiger partial charge is 0.462 e. The van der Waals surface area contributed by atoms with Crippen LogP contribution in [0.2, 0.25) is 0 Å². The van der Waals surface area contributed by atoms with Crippen molar-refractivity contribution in [3.8, 4) is 0 Å². The molecule has 1 aliphatic heterocycles. The molecule has 2 aromatic rings. The Labute approximate surface area is 163 Å². The van der Waals surface area contributed by atoms with Crippen LogP contribution in [0.5, 0.6) is 0 Å². The summed E-state index contributed by atoms with van der Waals surface area (Å²) in [4.78, 5) is 38.3. The molecule has 1 saturated heterocycles. The topological polar surface area (TPSA) is 87.7 Å². The zero-order valence-electron chi connectivity index (χ0n) is 15.5. The van der Waals surface area contributed by atoms with Gasteiger partial charge in [0.2, 0.25) is 0 Å². The number of carbonyl (C=O) groups excluding carboxylic acids is 3. The van der Waals surface area contributed by atoms with Crippen LogP contribution in [-0.4, -0.2) is 48.5 Å². The van der Waals surface area contributed by atoms with Gasteiger partial charge in [-0.1, -0.05) is 36.4 Å². The average molecular weight is 381 g/mol. The number of amides is 3. The molecule has 3 rings (SSSR count). The Morgan fingerprint density at radius 3 is 2.39 bits per heavy atom. The third kappa shape index (κ3) is 5.09. The Kier molecular flexibility index (Phi) is 6.62. The number of para-hydroxylation sites is 1. The minimum Gasteiger partial charge on any atom is -0.462 e. The smallest absolute Gasteiger partial charge is 0.328 e. The van der Waals surface area contributed by atoms with E-state index in [1.807, 2.05) is 24.3 Å². The van der Waals surface area contributed by atoms with Gasteiger partial charge in [-0.25, -0.2) is 9.59 Å². The van der Waals surface area contributed by atoms with E-state index < -0.39 is 12.0 Å². The number of ether oxygens (including phenoxy) is 1. The number of carbonyl (C=O) groups is 3. The second-order valence-electron chi connectivity index (χ2n) is 6.44. The summed E-state index contributed by atoms with van der Waals surface area (Å²) in [6.45, 7) is 0.764. The highest BCUT2D eigenvalue weighted by Crippen LogP contribution is 2.21. The summed E-state index contributed by atoms with van der Waals surface area (Å²) in [7, 11) is 0. The van der Waals surface area contributed by atoms with Crippen LogP contribution in [0.15, 0.2) is 60.7 Å². The van der Waals surface area contributed by atoms with Crippen molar-refractivity contribution in [3.05, 3.63) is 66.2 Å². The van der Waals surface area contributed by atoms with Crippen molar-refractivity contribution in [1.29, 1.82) is 0 Å². The van der Waals surface area contributed by atoms with E-state index in [2.05, 4.69) is 10.6 Å². The van der Waals surface area contributed by atoms with E-state index in [0.29, 0.717) is 24.2 Å². The first-order chi connectivity index (χ1) is 13.6. The molecule has 2 N–H and O–H groups in total. The molecule has 1 heterocycles. The van der Waals surface area contributed by atoms with Gasteiger partial charge in [0.05, 0.1) is 6.54 Å². The maximum Gasteiger partial charge on any atom is 0.328 e. The Hall–Kier alpha value is -3.35. The molecule has 0 radical (unpaired) electrons. The van der Waals surface area contributed by atoms with Crippen LogP contribution in [0, 0.1) is 0 Å². The lowest BCUT2D eigenvalue weighted by molar-refractivity contribution is -0.147. The molecule has 1 aliphatic rings. The van der Waals surface area contributed by atoms with E-state index >= 15 is 0 Å². The molecule has 1 atom stereocenters. The third-order valence-electron chi connectivity index (χ3n) is 4.47. The first-order valence-electron chi connectivity index (χ1n) is 9.28. The van der Waals surface area contributed by atoms with Crippen LogP contribution in [0.3, 0.4) is 0 Å². The van der Waals surface area contributed by atoms with E-state index in [1.165, 1.54) is 0 Å². The first-order valence-corrected chi connectivity index (χ1v) is 9.28. The first kappa shape index (κ1) is 19.4. The number of benzene rings is 2. The minimum absolute atomic E-state index is 0.0465. The van der Waals surface area contributed by atoms with Gasteiger partial charge < -0.3 is 20.3 Å². The van der Waals surface area contributed by atoms with Gasteiger partial charge in [0, 0.05) is 17.8 Å².